The summed E-state index contributed by atoms with van der Waals surface area (Å²) in [5.74, 6) is 0.290. The lowest BCUT2D eigenvalue weighted by Gasteiger charge is -2.04. The predicted octanol–water partition coefficient (Wildman–Crippen LogP) is 3.42. The largest absolute Gasteiger partial charge is 0.358 e. The molecule has 0 atom stereocenters. The van der Waals surface area contributed by atoms with Crippen LogP contribution in [-0.2, 0) is 11.3 Å². The second-order valence-electron chi connectivity index (χ2n) is 4.86. The van der Waals surface area contributed by atoms with Crippen LogP contribution < -0.4 is 10.6 Å². The molecule has 0 aliphatic carbocycles. The molecule has 1 heterocycles. The van der Waals surface area contributed by atoms with E-state index < -0.39 is 0 Å². The van der Waals surface area contributed by atoms with Gasteiger partial charge in [-0.05, 0) is 31.5 Å². The van der Waals surface area contributed by atoms with Gasteiger partial charge in [-0.1, -0.05) is 46.8 Å². The Kier molecular flexibility index (Phi) is 6.48. The van der Waals surface area contributed by atoms with Gasteiger partial charge in [0, 0.05) is 17.6 Å². The summed E-state index contributed by atoms with van der Waals surface area (Å²) < 4.78 is 0.782. The van der Waals surface area contributed by atoms with Crippen molar-refractivity contribution in [2.45, 2.75) is 30.8 Å². The highest BCUT2D eigenvalue weighted by Crippen LogP contribution is 2.25. The number of halogens is 1. The molecule has 0 saturated carbocycles. The van der Waals surface area contributed by atoms with Gasteiger partial charge in [0.1, 0.15) is 0 Å². The van der Waals surface area contributed by atoms with Crippen molar-refractivity contribution in [1.82, 2.24) is 15.5 Å². The maximum absolute atomic E-state index is 11.8. The first-order chi connectivity index (χ1) is 10.5. The first-order valence-electron chi connectivity index (χ1n) is 6.77. The molecule has 5 nitrogen and oxygen atoms in total. The second kappa shape index (κ2) is 8.36. The van der Waals surface area contributed by atoms with Crippen molar-refractivity contribution in [3.63, 3.8) is 0 Å². The van der Waals surface area contributed by atoms with Gasteiger partial charge in [0.05, 0.1) is 5.75 Å². The molecule has 0 saturated heterocycles. The average molecular weight is 357 g/mol. The lowest BCUT2D eigenvalue weighted by molar-refractivity contribution is -0.118. The summed E-state index contributed by atoms with van der Waals surface area (Å²) in [7, 11) is 0. The van der Waals surface area contributed by atoms with Crippen LogP contribution in [0.4, 0.5) is 5.13 Å². The van der Waals surface area contributed by atoms with Crippen molar-refractivity contribution in [1.29, 1.82) is 0 Å². The number of carbonyl (C=O) groups excluding carboxylic acids is 1. The fourth-order valence-electron chi connectivity index (χ4n) is 1.55. The zero-order chi connectivity index (χ0) is 15.9. The monoisotopic (exact) mass is 356 g/mol. The van der Waals surface area contributed by atoms with E-state index in [-0.39, 0.29) is 5.91 Å². The van der Waals surface area contributed by atoms with Crippen molar-refractivity contribution in [3.05, 3.63) is 34.9 Å². The van der Waals surface area contributed by atoms with Gasteiger partial charge in [-0.25, -0.2) is 0 Å². The number of aromatic nitrogens is 2. The molecule has 2 N–H and O–H groups in total. The van der Waals surface area contributed by atoms with E-state index in [1.54, 1.807) is 0 Å². The van der Waals surface area contributed by atoms with Crippen LogP contribution in [0.5, 0.6) is 0 Å². The van der Waals surface area contributed by atoms with Crippen LogP contribution in [0.15, 0.2) is 28.6 Å². The van der Waals surface area contributed by atoms with E-state index in [4.69, 9.17) is 11.6 Å². The third kappa shape index (κ3) is 5.82. The molecule has 2 aromatic rings. The third-order valence-corrected chi connectivity index (χ3v) is 4.79. The Labute approximate surface area is 142 Å². The van der Waals surface area contributed by atoms with Crippen molar-refractivity contribution in [3.8, 4) is 0 Å². The molecular formula is C14H17ClN4OS2. The van der Waals surface area contributed by atoms with E-state index >= 15 is 0 Å². The SMILES string of the molecule is CC(C)Nc1nnc(SCC(=O)NCc2ccc(Cl)cc2)s1. The lowest BCUT2D eigenvalue weighted by Crippen LogP contribution is -2.24. The molecule has 0 spiro atoms. The molecule has 1 amide bonds. The zero-order valence-electron chi connectivity index (χ0n) is 12.3. The van der Waals surface area contributed by atoms with E-state index in [1.807, 2.05) is 38.1 Å². The molecule has 0 bridgehead atoms. The molecule has 2 rings (SSSR count). The molecule has 1 aromatic heterocycles. The number of benzene rings is 1. The number of rotatable bonds is 7. The van der Waals surface area contributed by atoms with E-state index in [0.29, 0.717) is 23.4 Å². The maximum Gasteiger partial charge on any atom is 0.230 e. The number of hydrogen-bond donors (Lipinski definition) is 2. The molecule has 0 radical (unpaired) electrons. The minimum atomic E-state index is -0.0338. The average Bonchev–Trinajstić information content (AvgIpc) is 2.91. The summed E-state index contributed by atoms with van der Waals surface area (Å²) in [6.45, 7) is 4.57. The van der Waals surface area contributed by atoms with Crippen molar-refractivity contribution < 1.29 is 4.79 Å². The summed E-state index contributed by atoms with van der Waals surface area (Å²) in [4.78, 5) is 11.8. The topological polar surface area (TPSA) is 66.9 Å². The van der Waals surface area contributed by atoms with Gasteiger partial charge in [0.15, 0.2) is 4.34 Å². The van der Waals surface area contributed by atoms with Gasteiger partial charge in [-0.3, -0.25) is 4.79 Å². The van der Waals surface area contributed by atoms with Crippen LogP contribution in [0.1, 0.15) is 19.4 Å². The van der Waals surface area contributed by atoms with Crippen LogP contribution in [0, 0.1) is 0 Å². The number of amides is 1. The third-order valence-electron chi connectivity index (χ3n) is 2.55. The van der Waals surface area contributed by atoms with Crippen LogP contribution in [-0.4, -0.2) is 27.9 Å². The first-order valence-corrected chi connectivity index (χ1v) is 8.95. The number of carbonyl (C=O) groups is 1. The normalized spacial score (nSPS) is 10.7. The van der Waals surface area contributed by atoms with Crippen LogP contribution in [0.3, 0.4) is 0 Å². The fraction of sp³-hybridized carbons (Fsp3) is 0.357. The van der Waals surface area contributed by atoms with Gasteiger partial charge in [-0.15, -0.1) is 10.2 Å². The summed E-state index contributed by atoms with van der Waals surface area (Å²) in [6, 6.07) is 7.72. The van der Waals surface area contributed by atoms with Crippen LogP contribution in [0.2, 0.25) is 5.02 Å². The Morgan fingerprint density at radius 2 is 2.05 bits per heavy atom. The number of nitrogens with one attached hydrogen (secondary N) is 2. The van der Waals surface area contributed by atoms with Gasteiger partial charge in [0.25, 0.3) is 0 Å². The standard InChI is InChI=1S/C14H17ClN4OS2/c1-9(2)17-13-18-19-14(22-13)21-8-12(20)16-7-10-3-5-11(15)6-4-10/h3-6,9H,7-8H2,1-2H3,(H,16,20)(H,17,18). The minimum Gasteiger partial charge on any atom is -0.358 e. The van der Waals surface area contributed by atoms with Gasteiger partial charge < -0.3 is 10.6 Å². The Morgan fingerprint density at radius 1 is 1.32 bits per heavy atom. The Morgan fingerprint density at radius 3 is 2.73 bits per heavy atom. The quantitative estimate of drug-likeness (QED) is 0.744. The number of nitrogens with zero attached hydrogens (tertiary/aromatic N) is 2. The van der Waals surface area contributed by atoms with E-state index in [0.717, 1.165) is 15.0 Å². The first kappa shape index (κ1) is 17.1. The number of thioether (sulfide) groups is 1. The van der Waals surface area contributed by atoms with Gasteiger partial charge >= 0.3 is 0 Å². The maximum atomic E-state index is 11.8. The van der Waals surface area contributed by atoms with E-state index in [9.17, 15) is 4.79 Å². The molecule has 8 heteroatoms. The predicted molar refractivity (Wildman–Crippen MR) is 92.7 cm³/mol. The van der Waals surface area contributed by atoms with Crippen LogP contribution >= 0.6 is 34.7 Å². The molecule has 0 unspecified atom stereocenters. The van der Waals surface area contributed by atoms with Gasteiger partial charge in [-0.2, -0.15) is 0 Å². The molecule has 1 aromatic carbocycles. The summed E-state index contributed by atoms with van der Waals surface area (Å²) in [6.07, 6.45) is 0. The number of hydrogen-bond acceptors (Lipinski definition) is 6. The molecule has 0 fully saturated rings. The molecule has 22 heavy (non-hydrogen) atoms. The Hall–Kier alpha value is -1.31. The van der Waals surface area contributed by atoms with Crippen molar-refractivity contribution >= 4 is 45.7 Å². The lowest BCUT2D eigenvalue weighted by atomic mass is 10.2. The summed E-state index contributed by atoms with van der Waals surface area (Å²) in [5, 5.41) is 15.6. The number of anilines is 1. The van der Waals surface area contributed by atoms with Gasteiger partial charge in [0.2, 0.25) is 11.0 Å². The van der Waals surface area contributed by atoms with E-state index in [1.165, 1.54) is 23.1 Å². The summed E-state index contributed by atoms with van der Waals surface area (Å²) in [5.41, 5.74) is 1.02. The fourth-order valence-corrected chi connectivity index (χ4v) is 3.41. The molecule has 118 valence electrons. The van der Waals surface area contributed by atoms with Crippen molar-refractivity contribution in [2.24, 2.45) is 0 Å². The van der Waals surface area contributed by atoms with E-state index in [2.05, 4.69) is 20.8 Å². The minimum absolute atomic E-state index is 0.0338. The molecular weight excluding hydrogens is 340 g/mol. The molecule has 0 aliphatic rings. The Balaban J connectivity index is 1.73. The van der Waals surface area contributed by atoms with Crippen molar-refractivity contribution in [2.75, 3.05) is 11.1 Å². The highest BCUT2D eigenvalue weighted by molar-refractivity contribution is 8.01. The second-order valence-corrected chi connectivity index (χ2v) is 7.50. The smallest absolute Gasteiger partial charge is 0.230 e. The van der Waals surface area contributed by atoms with Crippen LogP contribution in [0.25, 0.3) is 0 Å². The summed E-state index contributed by atoms with van der Waals surface area (Å²) >= 11 is 8.66. The zero-order valence-corrected chi connectivity index (χ0v) is 14.7. The highest BCUT2D eigenvalue weighted by Gasteiger charge is 2.08. The highest BCUT2D eigenvalue weighted by atomic mass is 35.5. The molecule has 0 aliphatic heterocycles. The Bertz CT molecular complexity index is 616.